The lowest BCUT2D eigenvalue weighted by atomic mass is 10.0. The van der Waals surface area contributed by atoms with Gasteiger partial charge >= 0.3 is 0 Å². The highest BCUT2D eigenvalue weighted by Gasteiger charge is 2.12. The number of carbonyl (C=O) groups is 1. The molecule has 0 fully saturated rings. The van der Waals surface area contributed by atoms with Crippen LogP contribution in [0.15, 0.2) is 48.5 Å². The molecular weight excluding hydrogens is 298 g/mol. The summed E-state index contributed by atoms with van der Waals surface area (Å²) in [6, 6.07) is 16.2. The number of rotatable bonds is 7. The zero-order valence-electron chi connectivity index (χ0n) is 15.0. The third kappa shape index (κ3) is 4.85. The molecule has 2 rings (SSSR count). The molecule has 0 heterocycles. The van der Waals surface area contributed by atoms with Crippen molar-refractivity contribution in [1.82, 2.24) is 5.32 Å². The van der Waals surface area contributed by atoms with Crippen LogP contribution in [-0.4, -0.2) is 12.5 Å². The van der Waals surface area contributed by atoms with Gasteiger partial charge in [-0.05, 0) is 42.0 Å². The van der Waals surface area contributed by atoms with Crippen molar-refractivity contribution in [2.75, 3.05) is 6.61 Å². The van der Waals surface area contributed by atoms with E-state index in [4.69, 9.17) is 4.74 Å². The summed E-state index contributed by atoms with van der Waals surface area (Å²) in [4.78, 5) is 12.2. The molecule has 2 aromatic carbocycles. The molecule has 3 heteroatoms. The van der Waals surface area contributed by atoms with Crippen LogP contribution >= 0.6 is 0 Å². The number of amides is 1. The van der Waals surface area contributed by atoms with Crippen LogP contribution in [0.1, 0.15) is 56.3 Å². The summed E-state index contributed by atoms with van der Waals surface area (Å²) in [5.74, 6) is 1.03. The maximum Gasteiger partial charge on any atom is 0.258 e. The lowest BCUT2D eigenvalue weighted by Crippen LogP contribution is -2.31. The Balaban J connectivity index is 1.91. The number of nitrogens with one attached hydrogen (secondary N) is 1. The number of hydrogen-bond donors (Lipinski definition) is 1. The Morgan fingerprint density at radius 2 is 1.71 bits per heavy atom. The molecule has 1 amide bonds. The molecule has 0 saturated carbocycles. The van der Waals surface area contributed by atoms with Gasteiger partial charge in [-0.2, -0.15) is 0 Å². The smallest absolute Gasteiger partial charge is 0.258 e. The monoisotopic (exact) mass is 325 g/mol. The first-order valence-corrected chi connectivity index (χ1v) is 8.61. The normalized spacial score (nSPS) is 12.0. The SMILES string of the molecule is CCc1ccc([C@H](C)NC(=O)COc2ccccc2C(C)C)cc1. The van der Waals surface area contributed by atoms with Crippen molar-refractivity contribution in [1.29, 1.82) is 0 Å². The number of hydrogen-bond acceptors (Lipinski definition) is 2. The van der Waals surface area contributed by atoms with Gasteiger partial charge in [0.1, 0.15) is 5.75 Å². The van der Waals surface area contributed by atoms with E-state index in [1.54, 1.807) is 0 Å². The highest BCUT2D eigenvalue weighted by atomic mass is 16.5. The van der Waals surface area contributed by atoms with Crippen LogP contribution in [0.4, 0.5) is 0 Å². The molecule has 1 atom stereocenters. The van der Waals surface area contributed by atoms with E-state index in [0.717, 1.165) is 23.3 Å². The quantitative estimate of drug-likeness (QED) is 0.806. The molecule has 128 valence electrons. The van der Waals surface area contributed by atoms with Crippen LogP contribution in [0, 0.1) is 0 Å². The lowest BCUT2D eigenvalue weighted by molar-refractivity contribution is -0.123. The molecule has 0 saturated heterocycles. The molecule has 24 heavy (non-hydrogen) atoms. The Hall–Kier alpha value is -2.29. The summed E-state index contributed by atoms with van der Waals surface area (Å²) in [6.07, 6.45) is 1.02. The molecule has 0 bridgehead atoms. The van der Waals surface area contributed by atoms with Crippen LogP contribution in [0.25, 0.3) is 0 Å². The fourth-order valence-corrected chi connectivity index (χ4v) is 2.64. The zero-order valence-corrected chi connectivity index (χ0v) is 15.0. The van der Waals surface area contributed by atoms with Crippen LogP contribution in [0.3, 0.4) is 0 Å². The molecule has 0 radical (unpaired) electrons. The van der Waals surface area contributed by atoms with Crippen molar-refractivity contribution in [3.8, 4) is 5.75 Å². The van der Waals surface area contributed by atoms with Crippen molar-refractivity contribution in [3.05, 3.63) is 65.2 Å². The van der Waals surface area contributed by atoms with Gasteiger partial charge in [0.05, 0.1) is 6.04 Å². The summed E-state index contributed by atoms with van der Waals surface area (Å²) >= 11 is 0. The zero-order chi connectivity index (χ0) is 17.5. The minimum atomic E-state index is -0.111. The van der Waals surface area contributed by atoms with Crippen LogP contribution in [0.5, 0.6) is 5.75 Å². The average molecular weight is 325 g/mol. The third-order valence-corrected chi connectivity index (χ3v) is 4.17. The molecule has 0 aromatic heterocycles. The van der Waals surface area contributed by atoms with E-state index in [0.29, 0.717) is 5.92 Å². The number of ether oxygens (including phenoxy) is 1. The fourth-order valence-electron chi connectivity index (χ4n) is 2.64. The Morgan fingerprint density at radius 3 is 2.33 bits per heavy atom. The lowest BCUT2D eigenvalue weighted by Gasteiger charge is -2.17. The predicted molar refractivity (Wildman–Crippen MR) is 98.4 cm³/mol. The molecule has 0 unspecified atom stereocenters. The summed E-state index contributed by atoms with van der Waals surface area (Å²) in [7, 11) is 0. The van der Waals surface area contributed by atoms with Gasteiger partial charge in [0.25, 0.3) is 5.91 Å². The Bertz CT molecular complexity index is 662. The van der Waals surface area contributed by atoms with Gasteiger partial charge in [-0.25, -0.2) is 0 Å². The number of para-hydroxylation sites is 1. The minimum absolute atomic E-state index is 0.0289. The molecule has 3 nitrogen and oxygen atoms in total. The molecule has 0 aliphatic rings. The van der Waals surface area contributed by atoms with Gasteiger partial charge in [-0.15, -0.1) is 0 Å². The first-order chi connectivity index (χ1) is 11.5. The maximum atomic E-state index is 12.2. The first kappa shape index (κ1) is 18.1. The van der Waals surface area contributed by atoms with Gasteiger partial charge in [-0.1, -0.05) is 63.2 Å². The van der Waals surface area contributed by atoms with E-state index in [9.17, 15) is 4.79 Å². The largest absolute Gasteiger partial charge is 0.483 e. The predicted octanol–water partition coefficient (Wildman–Crippen LogP) is 4.63. The topological polar surface area (TPSA) is 38.3 Å². The van der Waals surface area contributed by atoms with Crippen molar-refractivity contribution in [2.45, 2.75) is 46.1 Å². The Kier molecular flexibility index (Phi) is 6.42. The molecular formula is C21H27NO2. The van der Waals surface area contributed by atoms with Crippen molar-refractivity contribution in [2.24, 2.45) is 0 Å². The van der Waals surface area contributed by atoms with Gasteiger partial charge < -0.3 is 10.1 Å². The molecule has 0 spiro atoms. The average Bonchev–Trinajstić information content (AvgIpc) is 2.60. The van der Waals surface area contributed by atoms with E-state index in [2.05, 4.69) is 50.4 Å². The second-order valence-corrected chi connectivity index (χ2v) is 6.37. The number of benzene rings is 2. The number of carbonyl (C=O) groups excluding carboxylic acids is 1. The maximum absolute atomic E-state index is 12.2. The molecule has 0 aliphatic heterocycles. The Morgan fingerprint density at radius 1 is 1.04 bits per heavy atom. The summed E-state index contributed by atoms with van der Waals surface area (Å²) in [6.45, 7) is 8.38. The van der Waals surface area contributed by atoms with Crippen LogP contribution < -0.4 is 10.1 Å². The van der Waals surface area contributed by atoms with Gasteiger partial charge in [0.15, 0.2) is 6.61 Å². The highest BCUT2D eigenvalue weighted by molar-refractivity contribution is 5.78. The molecule has 1 N–H and O–H groups in total. The van der Waals surface area contributed by atoms with Gasteiger partial charge in [0.2, 0.25) is 0 Å². The number of aryl methyl sites for hydroxylation is 1. The van der Waals surface area contributed by atoms with E-state index in [-0.39, 0.29) is 18.6 Å². The van der Waals surface area contributed by atoms with Gasteiger partial charge in [0, 0.05) is 0 Å². The standard InChI is InChI=1S/C21H27NO2/c1-5-17-10-12-18(13-11-17)16(4)22-21(23)14-24-20-9-7-6-8-19(20)15(2)3/h6-13,15-16H,5,14H2,1-4H3,(H,22,23)/t16-/m0/s1. The van der Waals surface area contributed by atoms with E-state index >= 15 is 0 Å². The van der Waals surface area contributed by atoms with Crippen LogP contribution in [-0.2, 0) is 11.2 Å². The fraction of sp³-hybridized carbons (Fsp3) is 0.381. The van der Waals surface area contributed by atoms with Crippen molar-refractivity contribution >= 4 is 5.91 Å². The van der Waals surface area contributed by atoms with Crippen molar-refractivity contribution < 1.29 is 9.53 Å². The Labute approximate surface area is 145 Å². The third-order valence-electron chi connectivity index (χ3n) is 4.17. The summed E-state index contributed by atoms with van der Waals surface area (Å²) in [5.41, 5.74) is 3.52. The second kappa shape index (κ2) is 8.53. The summed E-state index contributed by atoms with van der Waals surface area (Å²) in [5, 5.41) is 2.99. The minimum Gasteiger partial charge on any atom is -0.483 e. The van der Waals surface area contributed by atoms with Gasteiger partial charge in [-0.3, -0.25) is 4.79 Å². The molecule has 2 aromatic rings. The highest BCUT2D eigenvalue weighted by Crippen LogP contribution is 2.25. The second-order valence-electron chi connectivity index (χ2n) is 6.37. The van der Waals surface area contributed by atoms with E-state index < -0.39 is 0 Å². The van der Waals surface area contributed by atoms with E-state index in [1.807, 2.05) is 31.2 Å². The summed E-state index contributed by atoms with van der Waals surface area (Å²) < 4.78 is 5.72. The first-order valence-electron chi connectivity index (χ1n) is 8.61. The molecule has 0 aliphatic carbocycles. The van der Waals surface area contributed by atoms with Crippen molar-refractivity contribution in [3.63, 3.8) is 0 Å². The van der Waals surface area contributed by atoms with E-state index in [1.165, 1.54) is 5.56 Å². The van der Waals surface area contributed by atoms with Crippen LogP contribution in [0.2, 0.25) is 0 Å².